The first kappa shape index (κ1) is 19.9. The lowest BCUT2D eigenvalue weighted by molar-refractivity contribution is 0.0727. The van der Waals surface area contributed by atoms with Crippen molar-refractivity contribution in [2.45, 2.75) is 19.9 Å². The molecule has 1 aliphatic heterocycles. The maximum Gasteiger partial charge on any atom is 0.274 e. The van der Waals surface area contributed by atoms with Gasteiger partial charge in [-0.25, -0.2) is 4.98 Å². The fourth-order valence-electron chi connectivity index (χ4n) is 4.31. The molecule has 0 atom stereocenters. The van der Waals surface area contributed by atoms with Gasteiger partial charge in [0, 0.05) is 55.8 Å². The Morgan fingerprint density at radius 2 is 1.91 bits per heavy atom. The van der Waals surface area contributed by atoms with Crippen LogP contribution < -0.4 is 5.56 Å². The fourth-order valence-corrected chi connectivity index (χ4v) is 4.31. The Kier molecular flexibility index (Phi) is 4.74. The summed E-state index contributed by atoms with van der Waals surface area (Å²) in [6, 6.07) is 14.6. The summed E-state index contributed by atoms with van der Waals surface area (Å²) in [6.07, 6.45) is 4.20. The highest BCUT2D eigenvalue weighted by Gasteiger charge is 2.26. The van der Waals surface area contributed by atoms with Gasteiger partial charge in [0.2, 0.25) is 0 Å². The van der Waals surface area contributed by atoms with E-state index in [-0.39, 0.29) is 17.2 Å². The number of fused-ring (bicyclic) bond motifs is 2. The van der Waals surface area contributed by atoms with Crippen LogP contribution in [0.2, 0.25) is 0 Å². The minimum atomic E-state index is -0.131. The first-order valence-electron chi connectivity index (χ1n) is 10.5. The normalized spacial score (nSPS) is 13.2. The second kappa shape index (κ2) is 7.60. The molecule has 0 N–H and O–H groups in total. The number of carbonyl (C=O) groups excluding carboxylic acids is 2. The number of benzene rings is 1. The summed E-state index contributed by atoms with van der Waals surface area (Å²) in [5, 5.41) is 0. The topological polar surface area (TPSA) is 76.7 Å². The minimum Gasteiger partial charge on any atom is -0.332 e. The lowest BCUT2D eigenvalue weighted by atomic mass is 9.97. The molecule has 0 radical (unpaired) electrons. The number of pyridine rings is 2. The van der Waals surface area contributed by atoms with Crippen LogP contribution in [0.5, 0.6) is 0 Å². The summed E-state index contributed by atoms with van der Waals surface area (Å²) < 4.78 is 3.49. The average molecular weight is 426 g/mol. The zero-order valence-electron chi connectivity index (χ0n) is 17.9. The van der Waals surface area contributed by atoms with Crippen molar-refractivity contribution in [3.8, 4) is 11.1 Å². The number of hydrogen-bond donors (Lipinski definition) is 0. The predicted octanol–water partition coefficient (Wildman–Crippen LogP) is 3.10. The molecular formula is C25H22N4O3. The number of nitrogens with zero attached hydrogens (tertiary/aromatic N) is 4. The van der Waals surface area contributed by atoms with Crippen molar-refractivity contribution < 1.29 is 9.59 Å². The van der Waals surface area contributed by atoms with E-state index < -0.39 is 0 Å². The number of hydrogen-bond acceptors (Lipinski definition) is 4. The summed E-state index contributed by atoms with van der Waals surface area (Å²) in [5.41, 5.74) is 4.66. The highest BCUT2D eigenvalue weighted by molar-refractivity contribution is 5.95. The van der Waals surface area contributed by atoms with Gasteiger partial charge in [-0.05, 0) is 42.3 Å². The molecule has 5 rings (SSSR count). The number of ketones is 1. The lowest BCUT2D eigenvalue weighted by Gasteiger charge is -2.30. The van der Waals surface area contributed by atoms with Crippen molar-refractivity contribution in [2.24, 2.45) is 7.05 Å². The summed E-state index contributed by atoms with van der Waals surface area (Å²) in [6.45, 7) is 2.43. The van der Waals surface area contributed by atoms with Gasteiger partial charge >= 0.3 is 0 Å². The minimum absolute atomic E-state index is 0.0501. The first-order valence-corrected chi connectivity index (χ1v) is 10.5. The second-order valence-corrected chi connectivity index (χ2v) is 8.10. The van der Waals surface area contributed by atoms with Crippen LogP contribution in [0.3, 0.4) is 0 Å². The molecule has 3 aromatic heterocycles. The van der Waals surface area contributed by atoms with Crippen LogP contribution >= 0.6 is 0 Å². The van der Waals surface area contributed by atoms with E-state index in [0.29, 0.717) is 41.9 Å². The van der Waals surface area contributed by atoms with Crippen molar-refractivity contribution in [3.63, 3.8) is 0 Å². The first-order chi connectivity index (χ1) is 15.4. The molecule has 0 fully saturated rings. The maximum atomic E-state index is 13.1. The van der Waals surface area contributed by atoms with E-state index >= 15 is 0 Å². The monoisotopic (exact) mass is 426 g/mol. The summed E-state index contributed by atoms with van der Waals surface area (Å²) in [7, 11) is 1.76. The van der Waals surface area contributed by atoms with Gasteiger partial charge in [0.1, 0.15) is 11.3 Å². The number of amides is 1. The second-order valence-electron chi connectivity index (χ2n) is 8.10. The molecule has 1 amide bonds. The van der Waals surface area contributed by atoms with Gasteiger partial charge in [-0.15, -0.1) is 0 Å². The third-order valence-electron chi connectivity index (χ3n) is 6.06. The van der Waals surface area contributed by atoms with Gasteiger partial charge in [0.05, 0.1) is 0 Å². The molecule has 0 saturated carbocycles. The Morgan fingerprint density at radius 3 is 2.69 bits per heavy atom. The van der Waals surface area contributed by atoms with Crippen molar-refractivity contribution in [1.29, 1.82) is 0 Å². The zero-order valence-corrected chi connectivity index (χ0v) is 17.9. The van der Waals surface area contributed by atoms with E-state index in [2.05, 4.69) is 4.98 Å². The van der Waals surface area contributed by atoms with E-state index in [1.807, 2.05) is 40.9 Å². The third kappa shape index (κ3) is 3.32. The van der Waals surface area contributed by atoms with E-state index in [9.17, 15) is 14.4 Å². The van der Waals surface area contributed by atoms with Crippen molar-refractivity contribution in [1.82, 2.24) is 18.9 Å². The van der Waals surface area contributed by atoms with Crippen LogP contribution in [-0.4, -0.2) is 37.1 Å². The Hall–Kier alpha value is -4.00. The quantitative estimate of drug-likeness (QED) is 0.472. The zero-order chi connectivity index (χ0) is 22.4. The molecule has 0 saturated heterocycles. The molecule has 7 heteroatoms. The van der Waals surface area contributed by atoms with Crippen LogP contribution in [0.15, 0.2) is 65.7 Å². The van der Waals surface area contributed by atoms with Crippen LogP contribution in [0.25, 0.3) is 16.8 Å². The van der Waals surface area contributed by atoms with Gasteiger partial charge < -0.3 is 13.9 Å². The number of Topliss-reactive ketones (excluding diaryl/α,β-unsaturated/α-hetero) is 1. The molecule has 160 valence electrons. The van der Waals surface area contributed by atoms with Crippen LogP contribution in [0.4, 0.5) is 0 Å². The largest absolute Gasteiger partial charge is 0.332 e. The van der Waals surface area contributed by atoms with Crippen molar-refractivity contribution >= 4 is 17.3 Å². The number of aromatic nitrogens is 3. The maximum absolute atomic E-state index is 13.1. The van der Waals surface area contributed by atoms with E-state index in [0.717, 1.165) is 16.9 Å². The molecular weight excluding hydrogens is 404 g/mol. The van der Waals surface area contributed by atoms with Crippen molar-refractivity contribution in [2.75, 3.05) is 6.54 Å². The highest BCUT2D eigenvalue weighted by Crippen LogP contribution is 2.25. The van der Waals surface area contributed by atoms with E-state index in [1.54, 1.807) is 40.9 Å². The Morgan fingerprint density at radius 1 is 1.06 bits per heavy atom. The molecule has 32 heavy (non-hydrogen) atoms. The van der Waals surface area contributed by atoms with Gasteiger partial charge in [-0.3, -0.25) is 14.4 Å². The van der Waals surface area contributed by atoms with Crippen molar-refractivity contribution in [3.05, 3.63) is 93.8 Å². The smallest absolute Gasteiger partial charge is 0.274 e. The van der Waals surface area contributed by atoms with E-state index in [1.165, 1.54) is 6.92 Å². The number of rotatable bonds is 3. The van der Waals surface area contributed by atoms with E-state index in [4.69, 9.17) is 0 Å². The molecule has 1 aliphatic rings. The highest BCUT2D eigenvalue weighted by atomic mass is 16.2. The number of carbonyl (C=O) groups is 2. The Bertz CT molecular complexity index is 1410. The number of imidazole rings is 1. The lowest BCUT2D eigenvalue weighted by Crippen LogP contribution is -2.39. The van der Waals surface area contributed by atoms with Gasteiger partial charge in [-0.1, -0.05) is 24.3 Å². The molecule has 1 aromatic carbocycles. The third-order valence-corrected chi connectivity index (χ3v) is 6.06. The summed E-state index contributed by atoms with van der Waals surface area (Å²) in [4.78, 5) is 44.2. The van der Waals surface area contributed by atoms with Gasteiger partial charge in [-0.2, -0.15) is 0 Å². The summed E-state index contributed by atoms with van der Waals surface area (Å²) >= 11 is 0. The Labute approximate surface area is 184 Å². The molecule has 4 aromatic rings. The molecule has 0 unspecified atom stereocenters. The van der Waals surface area contributed by atoms with Crippen LogP contribution in [-0.2, 0) is 20.0 Å². The Balaban J connectivity index is 1.51. The molecule has 7 nitrogen and oxygen atoms in total. The summed E-state index contributed by atoms with van der Waals surface area (Å²) in [5.74, 6) is -0.181. The average Bonchev–Trinajstić information content (AvgIpc) is 3.25. The predicted molar refractivity (Wildman–Crippen MR) is 121 cm³/mol. The standard InChI is InChI=1S/C25H22N4O3/c1-16(30)17-6-5-7-18(12-17)20-13-19-14-29(11-9-22(19)27(2)24(20)31)25(32)21-15-28-10-4-3-8-23(28)26-21/h3-8,10,12-13,15H,9,11,14H2,1-2H3. The van der Waals surface area contributed by atoms with Gasteiger partial charge in [0.15, 0.2) is 5.78 Å². The molecule has 0 aliphatic carbocycles. The molecule has 4 heterocycles. The molecule has 0 spiro atoms. The SMILES string of the molecule is CC(=O)c1cccc(-c2cc3c(n(C)c2=O)CCN(C(=O)c2cn4ccccc4n2)C3)c1. The fraction of sp³-hybridized carbons (Fsp3) is 0.200. The van der Waals surface area contributed by atoms with Gasteiger partial charge in [0.25, 0.3) is 11.5 Å². The van der Waals surface area contributed by atoms with Crippen LogP contribution in [0.1, 0.15) is 39.0 Å². The van der Waals surface area contributed by atoms with Crippen LogP contribution in [0, 0.1) is 0 Å². The molecule has 0 bridgehead atoms.